The summed E-state index contributed by atoms with van der Waals surface area (Å²) in [6.45, 7) is 0.798. The standard InChI is InChI=1S/C18H23N3O2/c1-23-14-9-7-12(8-10-14)16-15-11-21(13-5-3-2-4-6-13)18(22)17(15)20-19-16/h7-10,13,15-16,19H,2-6,11H2,1H3/t15-,16+/m0/s1. The topological polar surface area (TPSA) is 53.9 Å². The quantitative estimate of drug-likeness (QED) is 0.933. The molecule has 0 spiro atoms. The van der Waals surface area contributed by atoms with E-state index in [1.807, 2.05) is 12.1 Å². The average molecular weight is 313 g/mol. The number of hydrazone groups is 1. The Labute approximate surface area is 136 Å². The normalized spacial score (nSPS) is 27.6. The third-order valence-electron chi connectivity index (χ3n) is 5.44. The highest BCUT2D eigenvalue weighted by Crippen LogP contribution is 2.36. The van der Waals surface area contributed by atoms with Crippen molar-refractivity contribution in [1.29, 1.82) is 0 Å². The molecule has 1 N–H and O–H groups in total. The molecule has 5 heteroatoms. The first-order chi connectivity index (χ1) is 11.3. The predicted octanol–water partition coefficient (Wildman–Crippen LogP) is 2.49. The molecule has 4 rings (SSSR count). The molecule has 2 aliphatic heterocycles. The first-order valence-electron chi connectivity index (χ1n) is 8.56. The zero-order valence-corrected chi connectivity index (χ0v) is 13.5. The Bertz CT molecular complexity index is 620. The molecular formula is C18H23N3O2. The number of likely N-dealkylation sites (tertiary alicyclic amines) is 1. The van der Waals surface area contributed by atoms with Gasteiger partial charge in [-0.1, -0.05) is 31.4 Å². The van der Waals surface area contributed by atoms with Gasteiger partial charge in [-0.05, 0) is 30.5 Å². The highest BCUT2D eigenvalue weighted by Gasteiger charge is 2.47. The highest BCUT2D eigenvalue weighted by atomic mass is 16.5. The number of methoxy groups -OCH3 is 1. The number of carbonyl (C=O) groups excluding carboxylic acids is 1. The molecule has 0 radical (unpaired) electrons. The molecule has 3 aliphatic rings. The second kappa shape index (κ2) is 5.87. The van der Waals surface area contributed by atoms with Gasteiger partial charge in [-0.25, -0.2) is 0 Å². The molecule has 0 bridgehead atoms. The summed E-state index contributed by atoms with van der Waals surface area (Å²) in [4.78, 5) is 14.8. The van der Waals surface area contributed by atoms with Crippen molar-refractivity contribution in [3.63, 3.8) is 0 Å². The lowest BCUT2D eigenvalue weighted by Gasteiger charge is -2.31. The summed E-state index contributed by atoms with van der Waals surface area (Å²) in [5.41, 5.74) is 5.04. The van der Waals surface area contributed by atoms with E-state index < -0.39 is 0 Å². The second-order valence-corrected chi connectivity index (χ2v) is 6.73. The minimum atomic E-state index is 0.0912. The van der Waals surface area contributed by atoms with E-state index in [2.05, 4.69) is 27.6 Å². The van der Waals surface area contributed by atoms with Gasteiger partial charge in [-0.2, -0.15) is 5.10 Å². The lowest BCUT2D eigenvalue weighted by molar-refractivity contribution is -0.125. The van der Waals surface area contributed by atoms with Crippen molar-refractivity contribution in [2.45, 2.75) is 44.2 Å². The van der Waals surface area contributed by atoms with Crippen molar-refractivity contribution in [3.05, 3.63) is 29.8 Å². The Hall–Kier alpha value is -2.04. The number of nitrogens with zero attached hydrogens (tertiary/aromatic N) is 2. The Morgan fingerprint density at radius 1 is 1.17 bits per heavy atom. The van der Waals surface area contributed by atoms with Crippen LogP contribution in [0.15, 0.2) is 29.4 Å². The van der Waals surface area contributed by atoms with Gasteiger partial charge in [0.05, 0.1) is 19.1 Å². The van der Waals surface area contributed by atoms with E-state index in [1.54, 1.807) is 7.11 Å². The van der Waals surface area contributed by atoms with Gasteiger partial charge in [-0.3, -0.25) is 4.79 Å². The molecule has 1 amide bonds. The van der Waals surface area contributed by atoms with E-state index in [0.717, 1.165) is 36.4 Å². The Morgan fingerprint density at radius 3 is 2.61 bits per heavy atom. The number of amides is 1. The molecule has 5 nitrogen and oxygen atoms in total. The number of ether oxygens (including phenoxy) is 1. The zero-order valence-electron chi connectivity index (χ0n) is 13.5. The smallest absolute Gasteiger partial charge is 0.270 e. The number of nitrogens with one attached hydrogen (secondary N) is 1. The Balaban J connectivity index is 1.52. The summed E-state index contributed by atoms with van der Waals surface area (Å²) in [6, 6.07) is 8.55. The highest BCUT2D eigenvalue weighted by molar-refractivity contribution is 6.42. The molecule has 1 saturated carbocycles. The molecule has 1 aliphatic carbocycles. The minimum Gasteiger partial charge on any atom is -0.497 e. The molecule has 1 aromatic carbocycles. The van der Waals surface area contributed by atoms with Crippen LogP contribution in [0.3, 0.4) is 0 Å². The Morgan fingerprint density at radius 2 is 1.91 bits per heavy atom. The number of rotatable bonds is 3. The first kappa shape index (κ1) is 14.5. The summed E-state index contributed by atoms with van der Waals surface area (Å²) in [5, 5.41) is 4.37. The third kappa shape index (κ3) is 2.48. The number of hydrogen-bond acceptors (Lipinski definition) is 4. The minimum absolute atomic E-state index is 0.0912. The van der Waals surface area contributed by atoms with Gasteiger partial charge >= 0.3 is 0 Å². The maximum atomic E-state index is 12.7. The molecule has 0 aromatic heterocycles. The Kier molecular flexibility index (Phi) is 3.71. The summed E-state index contributed by atoms with van der Waals surface area (Å²) in [6.07, 6.45) is 6.08. The first-order valence-corrected chi connectivity index (χ1v) is 8.56. The summed E-state index contributed by atoms with van der Waals surface area (Å²) >= 11 is 0. The van der Waals surface area contributed by atoms with Gasteiger partial charge in [-0.15, -0.1) is 0 Å². The fraction of sp³-hybridized carbons (Fsp3) is 0.556. The molecule has 2 heterocycles. The molecule has 0 unspecified atom stereocenters. The SMILES string of the molecule is COc1ccc([C@H]2NN=C3C(=O)N(C4CCCCC4)C[C@H]32)cc1. The van der Waals surface area contributed by atoms with Gasteiger partial charge in [0.15, 0.2) is 0 Å². The lowest BCUT2D eigenvalue weighted by Crippen LogP contribution is -2.39. The number of carbonyl (C=O) groups is 1. The molecule has 2 fully saturated rings. The van der Waals surface area contributed by atoms with E-state index in [4.69, 9.17) is 4.74 Å². The van der Waals surface area contributed by atoms with Crippen LogP contribution < -0.4 is 10.2 Å². The van der Waals surface area contributed by atoms with Crippen LogP contribution in [0.25, 0.3) is 0 Å². The van der Waals surface area contributed by atoms with Crippen molar-refractivity contribution in [2.75, 3.05) is 13.7 Å². The summed E-state index contributed by atoms with van der Waals surface area (Å²) in [5.74, 6) is 1.16. The number of benzene rings is 1. The largest absolute Gasteiger partial charge is 0.497 e. The fourth-order valence-corrected chi connectivity index (χ4v) is 4.14. The van der Waals surface area contributed by atoms with Gasteiger partial charge in [0, 0.05) is 12.6 Å². The van der Waals surface area contributed by atoms with Crippen LogP contribution in [0.2, 0.25) is 0 Å². The van der Waals surface area contributed by atoms with Crippen LogP contribution >= 0.6 is 0 Å². The van der Waals surface area contributed by atoms with Crippen LogP contribution in [-0.2, 0) is 4.79 Å². The predicted molar refractivity (Wildman–Crippen MR) is 88.4 cm³/mol. The number of hydrogen-bond donors (Lipinski definition) is 1. The van der Waals surface area contributed by atoms with E-state index in [-0.39, 0.29) is 17.9 Å². The monoisotopic (exact) mass is 313 g/mol. The van der Waals surface area contributed by atoms with Crippen LogP contribution in [-0.4, -0.2) is 36.2 Å². The van der Waals surface area contributed by atoms with Crippen molar-refractivity contribution < 1.29 is 9.53 Å². The van der Waals surface area contributed by atoms with Crippen LogP contribution in [0.4, 0.5) is 0 Å². The van der Waals surface area contributed by atoms with Gasteiger partial charge in [0.2, 0.25) is 0 Å². The van der Waals surface area contributed by atoms with Crippen LogP contribution in [0.1, 0.15) is 43.7 Å². The second-order valence-electron chi connectivity index (χ2n) is 6.73. The average Bonchev–Trinajstić information content (AvgIpc) is 3.16. The maximum Gasteiger partial charge on any atom is 0.270 e. The third-order valence-corrected chi connectivity index (χ3v) is 5.44. The van der Waals surface area contributed by atoms with Crippen LogP contribution in [0, 0.1) is 5.92 Å². The fourth-order valence-electron chi connectivity index (χ4n) is 4.14. The summed E-state index contributed by atoms with van der Waals surface area (Å²) < 4.78 is 5.22. The van der Waals surface area contributed by atoms with Gasteiger partial charge in [0.1, 0.15) is 11.5 Å². The molecular weight excluding hydrogens is 290 g/mol. The van der Waals surface area contributed by atoms with E-state index in [9.17, 15) is 4.79 Å². The summed E-state index contributed by atoms with van der Waals surface area (Å²) in [7, 11) is 1.67. The van der Waals surface area contributed by atoms with E-state index in [1.165, 1.54) is 19.3 Å². The number of fused-ring (bicyclic) bond motifs is 1. The maximum absolute atomic E-state index is 12.7. The van der Waals surface area contributed by atoms with Crippen molar-refractivity contribution in [3.8, 4) is 5.75 Å². The van der Waals surface area contributed by atoms with Gasteiger partial charge < -0.3 is 15.1 Å². The molecule has 23 heavy (non-hydrogen) atoms. The molecule has 122 valence electrons. The van der Waals surface area contributed by atoms with Crippen molar-refractivity contribution in [2.24, 2.45) is 11.0 Å². The van der Waals surface area contributed by atoms with E-state index >= 15 is 0 Å². The molecule has 2 atom stereocenters. The zero-order chi connectivity index (χ0) is 15.8. The van der Waals surface area contributed by atoms with Crippen molar-refractivity contribution in [1.82, 2.24) is 10.3 Å². The molecule has 1 saturated heterocycles. The lowest BCUT2D eigenvalue weighted by atomic mass is 9.92. The van der Waals surface area contributed by atoms with Crippen molar-refractivity contribution >= 4 is 11.6 Å². The van der Waals surface area contributed by atoms with Crippen LogP contribution in [0.5, 0.6) is 5.75 Å². The van der Waals surface area contributed by atoms with Gasteiger partial charge in [0.25, 0.3) is 5.91 Å². The molecule has 1 aromatic rings. The van der Waals surface area contributed by atoms with E-state index in [0.29, 0.717) is 6.04 Å².